The summed E-state index contributed by atoms with van der Waals surface area (Å²) in [4.78, 5) is 12.5. The molecule has 0 spiro atoms. The van der Waals surface area contributed by atoms with Crippen LogP contribution < -0.4 is 9.47 Å². The van der Waals surface area contributed by atoms with E-state index in [0.29, 0.717) is 11.1 Å². The molecule has 31 heavy (non-hydrogen) atoms. The third-order valence-corrected chi connectivity index (χ3v) is 5.46. The van der Waals surface area contributed by atoms with Crippen molar-refractivity contribution in [1.29, 1.82) is 0 Å². The average Bonchev–Trinajstić information content (AvgIpc) is 2.68. The summed E-state index contributed by atoms with van der Waals surface area (Å²) in [5.74, 6) is -1.12. The Labute approximate surface area is 180 Å². The van der Waals surface area contributed by atoms with E-state index in [1.807, 2.05) is 0 Å². The Morgan fingerprint density at radius 3 is 2.19 bits per heavy atom. The topological polar surface area (TPSA) is 69.7 Å². The number of benzene rings is 3. The summed E-state index contributed by atoms with van der Waals surface area (Å²) in [5.41, 5.74) is 1.28. The summed E-state index contributed by atoms with van der Waals surface area (Å²) >= 11 is 6.02. The first-order valence-electron chi connectivity index (χ1n) is 8.60. The second-order valence-corrected chi connectivity index (χ2v) is 8.83. The fourth-order valence-corrected chi connectivity index (χ4v) is 3.56. The van der Waals surface area contributed by atoms with Gasteiger partial charge in [-0.1, -0.05) is 35.9 Å². The van der Waals surface area contributed by atoms with Gasteiger partial charge in [-0.05, 0) is 53.6 Å². The number of hydrogen-bond donors (Lipinski definition) is 0. The maximum Gasteiger partial charge on any atom is 0.573 e. The minimum atomic E-state index is -4.79. The van der Waals surface area contributed by atoms with Crippen molar-refractivity contribution in [1.82, 2.24) is 0 Å². The van der Waals surface area contributed by atoms with Gasteiger partial charge in [0.05, 0.1) is 15.5 Å². The van der Waals surface area contributed by atoms with Crippen LogP contribution in [0.25, 0.3) is 11.1 Å². The molecule has 0 N–H and O–H groups in total. The highest BCUT2D eigenvalue weighted by Crippen LogP contribution is 2.30. The van der Waals surface area contributed by atoms with E-state index in [4.69, 9.17) is 16.3 Å². The lowest BCUT2D eigenvalue weighted by atomic mass is 10.0. The van der Waals surface area contributed by atoms with Crippen molar-refractivity contribution in [2.45, 2.75) is 11.3 Å². The first kappa shape index (κ1) is 22.6. The quantitative estimate of drug-likeness (QED) is 0.362. The monoisotopic (exact) mass is 470 g/mol. The van der Waals surface area contributed by atoms with Gasteiger partial charge in [-0.3, -0.25) is 0 Å². The number of halogens is 4. The molecule has 5 nitrogen and oxygen atoms in total. The minimum absolute atomic E-state index is 0.0156. The van der Waals surface area contributed by atoms with Crippen molar-refractivity contribution in [2.75, 3.05) is 6.26 Å². The molecule has 0 fully saturated rings. The van der Waals surface area contributed by atoms with Gasteiger partial charge in [-0.15, -0.1) is 13.2 Å². The molecule has 0 atom stereocenters. The number of rotatable bonds is 5. The molecule has 0 radical (unpaired) electrons. The van der Waals surface area contributed by atoms with Crippen LogP contribution in [0.2, 0.25) is 5.02 Å². The Morgan fingerprint density at radius 2 is 1.61 bits per heavy atom. The normalized spacial score (nSPS) is 11.8. The van der Waals surface area contributed by atoms with Crippen LogP contribution in [0, 0.1) is 0 Å². The predicted molar refractivity (Wildman–Crippen MR) is 108 cm³/mol. The summed E-state index contributed by atoms with van der Waals surface area (Å²) < 4.78 is 69.1. The summed E-state index contributed by atoms with van der Waals surface area (Å²) in [5, 5.41) is -0.0484. The molecule has 0 bridgehead atoms. The Bertz CT molecular complexity index is 1220. The lowest BCUT2D eigenvalue weighted by Crippen LogP contribution is -2.16. The number of esters is 1. The van der Waals surface area contributed by atoms with Gasteiger partial charge in [0.25, 0.3) is 0 Å². The fraction of sp³-hybridized carbons (Fsp3) is 0.0952. The van der Waals surface area contributed by atoms with Crippen LogP contribution in [-0.4, -0.2) is 27.0 Å². The molecule has 0 heterocycles. The number of sulfone groups is 1. The molecule has 0 amide bonds. The zero-order valence-corrected chi connectivity index (χ0v) is 17.4. The predicted octanol–water partition coefficient (Wildman–Crippen LogP) is 5.53. The summed E-state index contributed by atoms with van der Waals surface area (Å²) in [6.07, 6.45) is -3.76. The molecule has 10 heteroatoms. The van der Waals surface area contributed by atoms with E-state index in [-0.39, 0.29) is 27.0 Å². The maximum atomic E-state index is 12.5. The second kappa shape index (κ2) is 8.60. The second-order valence-electron chi connectivity index (χ2n) is 6.41. The van der Waals surface area contributed by atoms with E-state index in [2.05, 4.69) is 4.74 Å². The van der Waals surface area contributed by atoms with Gasteiger partial charge in [0.1, 0.15) is 11.5 Å². The van der Waals surface area contributed by atoms with Gasteiger partial charge in [0, 0.05) is 6.26 Å². The maximum absolute atomic E-state index is 12.5. The fourth-order valence-electron chi connectivity index (χ4n) is 2.63. The van der Waals surface area contributed by atoms with E-state index < -0.39 is 22.2 Å². The standard InChI is InChI=1S/C21H14ClF3O5S/c1-31(27,28)17-9-10-19(18(22)12-17)29-20(26)15-4-2-3-14(11-15)13-5-7-16(8-6-13)30-21(23,24)25/h2-12H,1H3. The number of hydrogen-bond acceptors (Lipinski definition) is 5. The molecule has 0 aromatic heterocycles. The van der Waals surface area contributed by atoms with Crippen molar-refractivity contribution in [3.05, 3.63) is 77.3 Å². The highest BCUT2D eigenvalue weighted by atomic mass is 35.5. The molecular formula is C21H14ClF3O5S. The number of carbonyl (C=O) groups is 1. The Hall–Kier alpha value is -3.04. The van der Waals surface area contributed by atoms with E-state index in [1.54, 1.807) is 12.1 Å². The first-order chi connectivity index (χ1) is 14.4. The Morgan fingerprint density at radius 1 is 0.935 bits per heavy atom. The van der Waals surface area contributed by atoms with Crippen molar-refractivity contribution in [2.24, 2.45) is 0 Å². The Kier molecular flexibility index (Phi) is 6.28. The molecule has 0 saturated carbocycles. The largest absolute Gasteiger partial charge is 0.573 e. The lowest BCUT2D eigenvalue weighted by molar-refractivity contribution is -0.274. The van der Waals surface area contributed by atoms with Gasteiger partial charge in [-0.2, -0.15) is 0 Å². The molecule has 0 aliphatic heterocycles. The highest BCUT2D eigenvalue weighted by molar-refractivity contribution is 7.90. The van der Waals surface area contributed by atoms with Gasteiger partial charge >= 0.3 is 12.3 Å². The van der Waals surface area contributed by atoms with Crippen LogP contribution in [0.1, 0.15) is 10.4 Å². The van der Waals surface area contributed by atoms with Gasteiger partial charge in [-0.25, -0.2) is 13.2 Å². The molecule has 162 valence electrons. The van der Waals surface area contributed by atoms with Crippen LogP contribution in [-0.2, 0) is 9.84 Å². The van der Waals surface area contributed by atoms with E-state index in [9.17, 15) is 26.4 Å². The molecule has 0 aliphatic rings. The minimum Gasteiger partial charge on any atom is -0.421 e. The zero-order chi connectivity index (χ0) is 22.8. The lowest BCUT2D eigenvalue weighted by Gasteiger charge is -2.10. The van der Waals surface area contributed by atoms with Crippen molar-refractivity contribution >= 4 is 27.4 Å². The highest BCUT2D eigenvalue weighted by Gasteiger charge is 2.31. The smallest absolute Gasteiger partial charge is 0.421 e. The molecule has 0 aliphatic carbocycles. The SMILES string of the molecule is CS(=O)(=O)c1ccc(OC(=O)c2cccc(-c3ccc(OC(F)(F)F)cc3)c2)c(Cl)c1. The molecule has 0 saturated heterocycles. The molecular weight excluding hydrogens is 457 g/mol. The number of ether oxygens (including phenoxy) is 2. The first-order valence-corrected chi connectivity index (χ1v) is 10.9. The van der Waals surface area contributed by atoms with Gasteiger partial charge in [0.15, 0.2) is 9.84 Å². The van der Waals surface area contributed by atoms with Crippen molar-refractivity contribution < 1.29 is 35.9 Å². The molecule has 3 rings (SSSR count). The van der Waals surface area contributed by atoms with E-state index in [0.717, 1.165) is 18.4 Å². The Balaban J connectivity index is 1.79. The van der Waals surface area contributed by atoms with Crippen molar-refractivity contribution in [3.63, 3.8) is 0 Å². The molecule has 3 aromatic carbocycles. The van der Waals surface area contributed by atoms with E-state index in [1.165, 1.54) is 42.5 Å². The summed E-state index contributed by atoms with van der Waals surface area (Å²) in [6, 6.07) is 15.1. The third kappa shape index (κ3) is 5.99. The van der Waals surface area contributed by atoms with Crippen LogP contribution >= 0.6 is 11.6 Å². The van der Waals surface area contributed by atoms with Crippen LogP contribution in [0.5, 0.6) is 11.5 Å². The zero-order valence-electron chi connectivity index (χ0n) is 15.8. The average molecular weight is 471 g/mol. The molecule has 0 unspecified atom stereocenters. The number of carbonyl (C=O) groups excluding carboxylic acids is 1. The van der Waals surface area contributed by atoms with Crippen LogP contribution in [0.4, 0.5) is 13.2 Å². The van der Waals surface area contributed by atoms with Gasteiger partial charge < -0.3 is 9.47 Å². The molecule has 3 aromatic rings. The van der Waals surface area contributed by atoms with Crippen molar-refractivity contribution in [3.8, 4) is 22.6 Å². The van der Waals surface area contributed by atoms with Crippen LogP contribution in [0.3, 0.4) is 0 Å². The van der Waals surface area contributed by atoms with E-state index >= 15 is 0 Å². The number of alkyl halides is 3. The summed E-state index contributed by atoms with van der Waals surface area (Å²) in [6.45, 7) is 0. The van der Waals surface area contributed by atoms with Crippen LogP contribution in [0.15, 0.2) is 71.6 Å². The summed E-state index contributed by atoms with van der Waals surface area (Å²) in [7, 11) is -3.47. The third-order valence-electron chi connectivity index (χ3n) is 4.05. The van der Waals surface area contributed by atoms with Gasteiger partial charge in [0.2, 0.25) is 0 Å².